The van der Waals surface area contributed by atoms with Crippen molar-refractivity contribution in [3.8, 4) is 0 Å². The Morgan fingerprint density at radius 3 is 2.90 bits per heavy atom. The summed E-state index contributed by atoms with van der Waals surface area (Å²) in [7, 11) is -3.72. The highest BCUT2D eigenvalue weighted by molar-refractivity contribution is 9.10. The van der Waals surface area contributed by atoms with Gasteiger partial charge in [0.2, 0.25) is 10.0 Å². The number of rotatable bonds is 3. The van der Waals surface area contributed by atoms with E-state index in [-0.39, 0.29) is 24.7 Å². The molecule has 1 aromatic carbocycles. The van der Waals surface area contributed by atoms with Crippen LogP contribution in [0, 0.1) is 6.92 Å². The third-order valence-corrected chi connectivity index (χ3v) is 5.87. The molecule has 1 aromatic rings. The van der Waals surface area contributed by atoms with Gasteiger partial charge in [0.05, 0.1) is 30.8 Å². The lowest BCUT2D eigenvalue weighted by atomic mass is 10.2. The molecule has 3 N–H and O–H groups in total. The minimum absolute atomic E-state index is 0.157. The van der Waals surface area contributed by atoms with Crippen molar-refractivity contribution in [1.29, 1.82) is 0 Å². The highest BCUT2D eigenvalue weighted by atomic mass is 79.9. The summed E-state index contributed by atoms with van der Waals surface area (Å²) in [4.78, 5) is 0.157. The molecule has 0 aliphatic carbocycles. The van der Waals surface area contributed by atoms with Crippen molar-refractivity contribution in [3.05, 3.63) is 22.2 Å². The van der Waals surface area contributed by atoms with Gasteiger partial charge in [-0.2, -0.15) is 4.31 Å². The Balaban J connectivity index is 2.49. The summed E-state index contributed by atoms with van der Waals surface area (Å²) in [6.45, 7) is 2.13. The Hall–Kier alpha value is -0.670. The molecule has 0 saturated carbocycles. The van der Waals surface area contributed by atoms with Crippen molar-refractivity contribution >= 4 is 31.6 Å². The van der Waals surface area contributed by atoms with Gasteiger partial charge in [-0.05, 0) is 24.6 Å². The van der Waals surface area contributed by atoms with E-state index in [1.165, 1.54) is 10.4 Å². The molecule has 6 nitrogen and oxygen atoms in total. The van der Waals surface area contributed by atoms with E-state index in [0.29, 0.717) is 22.3 Å². The number of aliphatic hydroxyl groups is 1. The van der Waals surface area contributed by atoms with Crippen LogP contribution in [0.4, 0.5) is 5.69 Å². The second-order valence-corrected chi connectivity index (χ2v) is 7.42. The maximum Gasteiger partial charge on any atom is 0.243 e. The van der Waals surface area contributed by atoms with Crippen LogP contribution >= 0.6 is 15.9 Å². The number of benzene rings is 1. The van der Waals surface area contributed by atoms with Crippen molar-refractivity contribution in [2.75, 3.05) is 32.1 Å². The summed E-state index contributed by atoms with van der Waals surface area (Å²) in [5, 5.41) is 9.33. The number of sulfonamides is 1. The summed E-state index contributed by atoms with van der Waals surface area (Å²) in [5.41, 5.74) is 6.75. The van der Waals surface area contributed by atoms with Crippen LogP contribution in [0.5, 0.6) is 0 Å². The average molecular weight is 365 g/mol. The maximum atomic E-state index is 12.8. The van der Waals surface area contributed by atoms with Crippen LogP contribution in [0.25, 0.3) is 0 Å². The second kappa shape index (κ2) is 5.98. The number of nitrogens with two attached hydrogens (primary N) is 1. The molecule has 1 fully saturated rings. The monoisotopic (exact) mass is 364 g/mol. The molecule has 1 atom stereocenters. The van der Waals surface area contributed by atoms with E-state index in [4.69, 9.17) is 10.5 Å². The molecule has 1 heterocycles. The average Bonchev–Trinajstić information content (AvgIpc) is 2.42. The molecule has 0 radical (unpaired) electrons. The summed E-state index contributed by atoms with van der Waals surface area (Å²) < 4.78 is 32.6. The zero-order valence-corrected chi connectivity index (χ0v) is 13.4. The van der Waals surface area contributed by atoms with Gasteiger partial charge in [0.15, 0.2) is 0 Å². The fraction of sp³-hybridized carbons (Fsp3) is 0.500. The van der Waals surface area contributed by atoms with Gasteiger partial charge in [-0.1, -0.05) is 15.9 Å². The Kier molecular flexibility index (Phi) is 4.70. The van der Waals surface area contributed by atoms with Gasteiger partial charge in [0.1, 0.15) is 0 Å². The van der Waals surface area contributed by atoms with Crippen LogP contribution < -0.4 is 5.73 Å². The fourth-order valence-corrected chi connectivity index (χ4v) is 4.66. The van der Waals surface area contributed by atoms with Gasteiger partial charge in [-0.3, -0.25) is 0 Å². The number of hydrogen-bond acceptors (Lipinski definition) is 5. The molecule has 2 rings (SSSR count). The molecule has 20 heavy (non-hydrogen) atoms. The minimum Gasteiger partial charge on any atom is -0.398 e. The first-order valence-electron chi connectivity index (χ1n) is 6.14. The largest absolute Gasteiger partial charge is 0.398 e. The zero-order chi connectivity index (χ0) is 14.9. The molecule has 0 aromatic heterocycles. The molecule has 1 aliphatic heterocycles. The van der Waals surface area contributed by atoms with E-state index in [1.54, 1.807) is 13.0 Å². The van der Waals surface area contributed by atoms with Gasteiger partial charge in [0, 0.05) is 16.7 Å². The number of halogens is 1. The number of hydrogen-bond donors (Lipinski definition) is 2. The third-order valence-electron chi connectivity index (χ3n) is 3.34. The van der Waals surface area contributed by atoms with Gasteiger partial charge in [-0.25, -0.2) is 8.42 Å². The lowest BCUT2D eigenvalue weighted by molar-refractivity contribution is 0.0109. The second-order valence-electron chi connectivity index (χ2n) is 4.65. The Morgan fingerprint density at radius 2 is 2.25 bits per heavy atom. The van der Waals surface area contributed by atoms with Crippen LogP contribution in [-0.2, 0) is 14.8 Å². The van der Waals surface area contributed by atoms with Gasteiger partial charge >= 0.3 is 0 Å². The number of morpholine rings is 1. The first kappa shape index (κ1) is 15.7. The molecular formula is C12H17BrN2O4S. The molecule has 8 heteroatoms. The first-order valence-corrected chi connectivity index (χ1v) is 8.37. The number of anilines is 1. The van der Waals surface area contributed by atoms with Crippen LogP contribution in [-0.4, -0.2) is 50.2 Å². The van der Waals surface area contributed by atoms with Crippen molar-refractivity contribution in [1.82, 2.24) is 4.31 Å². The fourth-order valence-electron chi connectivity index (χ4n) is 2.17. The summed E-state index contributed by atoms with van der Waals surface area (Å²) in [6, 6.07) is 2.63. The van der Waals surface area contributed by atoms with E-state index in [0.717, 1.165) is 0 Å². The lowest BCUT2D eigenvalue weighted by Crippen LogP contribution is -2.50. The van der Waals surface area contributed by atoms with E-state index >= 15 is 0 Å². The van der Waals surface area contributed by atoms with Crippen LogP contribution in [0.1, 0.15) is 5.56 Å². The predicted octanol–water partition coefficient (Wildman–Crippen LogP) is 0.722. The number of ether oxygens (including phenoxy) is 1. The lowest BCUT2D eigenvalue weighted by Gasteiger charge is -2.33. The molecule has 0 bridgehead atoms. The van der Waals surface area contributed by atoms with Crippen molar-refractivity contribution in [3.63, 3.8) is 0 Å². The Bertz CT molecular complexity index is 606. The van der Waals surface area contributed by atoms with E-state index in [1.807, 2.05) is 0 Å². The highest BCUT2D eigenvalue weighted by Crippen LogP contribution is 2.30. The van der Waals surface area contributed by atoms with Gasteiger partial charge in [-0.15, -0.1) is 0 Å². The topological polar surface area (TPSA) is 92.9 Å². The maximum absolute atomic E-state index is 12.8. The van der Waals surface area contributed by atoms with E-state index in [2.05, 4.69) is 15.9 Å². The Labute approximate surface area is 126 Å². The highest BCUT2D eigenvalue weighted by Gasteiger charge is 2.35. The van der Waals surface area contributed by atoms with Gasteiger partial charge in [0.25, 0.3) is 0 Å². The molecule has 0 amide bonds. The van der Waals surface area contributed by atoms with Crippen LogP contribution in [0.15, 0.2) is 21.5 Å². The summed E-state index contributed by atoms with van der Waals surface area (Å²) in [6.07, 6.45) is 0. The standard InChI is InChI=1S/C12H17BrN2O4S/c1-8-11(14)4-9(13)5-12(8)20(17,18)15-2-3-19-7-10(15)6-16/h4-5,10,16H,2-3,6-7,14H2,1H3. The quantitative estimate of drug-likeness (QED) is 0.770. The molecule has 1 saturated heterocycles. The van der Waals surface area contributed by atoms with Crippen molar-refractivity contribution in [2.45, 2.75) is 17.9 Å². The summed E-state index contributed by atoms with van der Waals surface area (Å²) >= 11 is 3.26. The predicted molar refractivity (Wildman–Crippen MR) is 78.9 cm³/mol. The molecular weight excluding hydrogens is 348 g/mol. The zero-order valence-electron chi connectivity index (χ0n) is 11.0. The molecule has 1 unspecified atom stereocenters. The Morgan fingerprint density at radius 1 is 1.55 bits per heavy atom. The summed E-state index contributed by atoms with van der Waals surface area (Å²) in [5.74, 6) is 0. The number of aliphatic hydroxyl groups excluding tert-OH is 1. The minimum atomic E-state index is -3.72. The SMILES string of the molecule is Cc1c(N)cc(Br)cc1S(=O)(=O)N1CCOCC1CO. The smallest absolute Gasteiger partial charge is 0.243 e. The number of nitrogen functional groups attached to an aromatic ring is 1. The third kappa shape index (κ3) is 2.84. The molecule has 0 spiro atoms. The van der Waals surface area contributed by atoms with E-state index in [9.17, 15) is 13.5 Å². The van der Waals surface area contributed by atoms with Gasteiger partial charge < -0.3 is 15.6 Å². The molecule has 1 aliphatic rings. The van der Waals surface area contributed by atoms with Crippen molar-refractivity contribution < 1.29 is 18.3 Å². The normalized spacial score (nSPS) is 21.1. The van der Waals surface area contributed by atoms with Crippen LogP contribution in [0.3, 0.4) is 0 Å². The van der Waals surface area contributed by atoms with E-state index < -0.39 is 16.1 Å². The molecule has 112 valence electrons. The number of nitrogens with zero attached hydrogens (tertiary/aromatic N) is 1. The van der Waals surface area contributed by atoms with Crippen molar-refractivity contribution in [2.24, 2.45) is 0 Å². The van der Waals surface area contributed by atoms with Crippen LogP contribution in [0.2, 0.25) is 0 Å². The first-order chi connectivity index (χ1) is 9.37.